The molecule has 0 bridgehead atoms. The van der Waals surface area contributed by atoms with Gasteiger partial charge in [0, 0.05) is 18.7 Å². The summed E-state index contributed by atoms with van der Waals surface area (Å²) >= 11 is 0. The zero-order valence-corrected chi connectivity index (χ0v) is 16.3. The minimum Gasteiger partial charge on any atom is -0.460 e. The Bertz CT molecular complexity index is 1210. The van der Waals surface area contributed by atoms with Crippen LogP contribution < -0.4 is 0 Å². The Balaban J connectivity index is 1.50. The summed E-state index contributed by atoms with van der Waals surface area (Å²) in [6.45, 7) is 0.0469. The highest BCUT2D eigenvalue weighted by molar-refractivity contribution is 7.89. The Morgan fingerprint density at radius 2 is 2.00 bits per heavy atom. The van der Waals surface area contributed by atoms with E-state index in [0.717, 1.165) is 4.31 Å². The van der Waals surface area contributed by atoms with Crippen molar-refractivity contribution in [1.29, 1.82) is 0 Å². The van der Waals surface area contributed by atoms with Gasteiger partial charge in [0.1, 0.15) is 23.1 Å². The maximum atomic E-state index is 13.2. The third kappa shape index (κ3) is 3.62. The lowest BCUT2D eigenvalue weighted by Gasteiger charge is -2.22. The fourth-order valence-electron chi connectivity index (χ4n) is 3.34. The number of nitrogens with zero attached hydrogens (tertiary/aromatic N) is 4. The molecule has 0 amide bonds. The first-order valence-corrected chi connectivity index (χ1v) is 10.4. The fraction of sp³-hybridized carbons (Fsp3) is 0.278. The molecule has 1 fully saturated rings. The number of carbonyl (C=O) groups is 1. The van der Waals surface area contributed by atoms with Crippen molar-refractivity contribution < 1.29 is 27.5 Å². The van der Waals surface area contributed by atoms with Crippen LogP contribution in [0.1, 0.15) is 18.4 Å². The van der Waals surface area contributed by atoms with E-state index in [-0.39, 0.29) is 29.3 Å². The Hall–Kier alpha value is -3.38. The zero-order chi connectivity index (χ0) is 21.3. The fourth-order valence-corrected chi connectivity index (χ4v) is 5.13. The van der Waals surface area contributed by atoms with Crippen LogP contribution in [0.25, 0.3) is 11.0 Å². The number of rotatable bonds is 6. The molecule has 30 heavy (non-hydrogen) atoms. The topological polar surface area (TPSA) is 146 Å². The van der Waals surface area contributed by atoms with Crippen LogP contribution in [0.2, 0.25) is 0 Å². The highest BCUT2D eigenvalue weighted by Gasteiger charge is 2.41. The van der Waals surface area contributed by atoms with Gasteiger partial charge in [-0.25, -0.2) is 13.0 Å². The molecule has 4 rings (SSSR count). The summed E-state index contributed by atoms with van der Waals surface area (Å²) < 4.78 is 37.4. The number of non-ortho nitro benzene ring substituents is 1. The van der Waals surface area contributed by atoms with Gasteiger partial charge < -0.3 is 4.74 Å². The SMILES string of the molecule is O=C(OCc1ccc([N+](=O)[O-])cc1)C1CCCN1S(=O)(=O)c1cccc2nonc12. The van der Waals surface area contributed by atoms with E-state index in [2.05, 4.69) is 14.9 Å². The number of fused-ring (bicyclic) bond motifs is 1. The number of ether oxygens (including phenoxy) is 1. The third-order valence-corrected chi connectivity index (χ3v) is 6.78. The number of esters is 1. The van der Waals surface area contributed by atoms with E-state index >= 15 is 0 Å². The summed E-state index contributed by atoms with van der Waals surface area (Å²) in [6.07, 6.45) is 0.828. The number of hydrogen-bond donors (Lipinski definition) is 0. The summed E-state index contributed by atoms with van der Waals surface area (Å²) in [5.41, 5.74) is 0.879. The van der Waals surface area contributed by atoms with Gasteiger partial charge in [-0.3, -0.25) is 14.9 Å². The van der Waals surface area contributed by atoms with Crippen molar-refractivity contribution in [1.82, 2.24) is 14.6 Å². The van der Waals surface area contributed by atoms with Gasteiger partial charge in [-0.1, -0.05) is 6.07 Å². The first-order chi connectivity index (χ1) is 14.4. The molecule has 1 aliphatic heterocycles. The monoisotopic (exact) mass is 432 g/mol. The van der Waals surface area contributed by atoms with Crippen LogP contribution in [-0.2, 0) is 26.2 Å². The van der Waals surface area contributed by atoms with Crippen molar-refractivity contribution in [3.63, 3.8) is 0 Å². The van der Waals surface area contributed by atoms with Crippen LogP contribution >= 0.6 is 0 Å². The van der Waals surface area contributed by atoms with Gasteiger partial charge in [-0.2, -0.15) is 4.31 Å². The summed E-state index contributed by atoms with van der Waals surface area (Å²) in [4.78, 5) is 22.7. The van der Waals surface area contributed by atoms with Gasteiger partial charge in [0.05, 0.1) is 4.92 Å². The van der Waals surface area contributed by atoms with Crippen LogP contribution in [0.4, 0.5) is 5.69 Å². The van der Waals surface area contributed by atoms with Gasteiger partial charge in [0.2, 0.25) is 10.0 Å². The van der Waals surface area contributed by atoms with Crippen molar-refractivity contribution in [2.45, 2.75) is 30.4 Å². The number of hydrogen-bond acceptors (Lipinski definition) is 9. The lowest BCUT2D eigenvalue weighted by Crippen LogP contribution is -2.41. The molecule has 3 aromatic rings. The van der Waals surface area contributed by atoms with Gasteiger partial charge in [0.25, 0.3) is 5.69 Å². The van der Waals surface area contributed by atoms with E-state index in [4.69, 9.17) is 4.74 Å². The minimum atomic E-state index is -4.03. The predicted molar refractivity (Wildman–Crippen MR) is 102 cm³/mol. The molecule has 1 atom stereocenters. The largest absolute Gasteiger partial charge is 0.460 e. The molecule has 0 N–H and O–H groups in total. The van der Waals surface area contributed by atoms with E-state index < -0.39 is 27.0 Å². The molecule has 0 spiro atoms. The molecule has 1 unspecified atom stereocenters. The molecule has 11 nitrogen and oxygen atoms in total. The molecule has 1 saturated heterocycles. The Kier molecular flexibility index (Phi) is 5.18. The first-order valence-electron chi connectivity index (χ1n) is 9.01. The number of sulfonamides is 1. The molecular formula is C18H16N4O7S. The van der Waals surface area contributed by atoms with Crippen molar-refractivity contribution >= 4 is 32.7 Å². The van der Waals surface area contributed by atoms with Crippen LogP contribution in [0, 0.1) is 10.1 Å². The standard InChI is InChI=1S/C18H16N4O7S/c23-18(28-11-12-6-8-13(9-7-12)22(24)25)15-4-2-10-21(15)30(26,27)16-5-1-3-14-17(16)20-29-19-14/h1,3,5-9,15H,2,4,10-11H2. The number of carbonyl (C=O) groups excluding carboxylic acids is 1. The number of aromatic nitrogens is 2. The van der Waals surface area contributed by atoms with Crippen molar-refractivity contribution in [3.05, 3.63) is 58.1 Å². The Morgan fingerprint density at radius 1 is 1.23 bits per heavy atom. The maximum Gasteiger partial charge on any atom is 0.324 e. The van der Waals surface area contributed by atoms with E-state index in [1.807, 2.05) is 0 Å². The molecule has 0 saturated carbocycles. The van der Waals surface area contributed by atoms with Crippen LogP contribution in [0.15, 0.2) is 52.0 Å². The molecule has 12 heteroatoms. The van der Waals surface area contributed by atoms with E-state index in [1.54, 1.807) is 6.07 Å². The summed E-state index contributed by atoms with van der Waals surface area (Å²) in [7, 11) is -4.03. The second-order valence-corrected chi connectivity index (χ2v) is 8.55. The van der Waals surface area contributed by atoms with Crippen LogP contribution in [0.3, 0.4) is 0 Å². The van der Waals surface area contributed by atoms with Gasteiger partial charge in [-0.05, 0) is 53.0 Å². The molecule has 0 aliphatic carbocycles. The van der Waals surface area contributed by atoms with Crippen LogP contribution in [-0.4, -0.2) is 46.5 Å². The third-order valence-electron chi connectivity index (χ3n) is 4.84. The predicted octanol–water partition coefficient (Wildman–Crippen LogP) is 2.03. The van der Waals surface area contributed by atoms with Crippen molar-refractivity contribution in [3.8, 4) is 0 Å². The van der Waals surface area contributed by atoms with Crippen molar-refractivity contribution in [2.75, 3.05) is 6.54 Å². The Labute approximate surface area is 170 Å². The van der Waals surface area contributed by atoms with Gasteiger partial charge in [-0.15, -0.1) is 0 Å². The maximum absolute atomic E-state index is 13.2. The normalized spacial score (nSPS) is 17.3. The van der Waals surface area contributed by atoms with Gasteiger partial charge in [0.15, 0.2) is 5.52 Å². The van der Waals surface area contributed by atoms with E-state index in [1.165, 1.54) is 36.4 Å². The van der Waals surface area contributed by atoms with E-state index in [9.17, 15) is 23.3 Å². The summed E-state index contributed by atoms with van der Waals surface area (Å²) in [6, 6.07) is 9.09. The molecule has 2 aromatic carbocycles. The average molecular weight is 432 g/mol. The molecule has 1 aromatic heterocycles. The number of nitro groups is 1. The smallest absolute Gasteiger partial charge is 0.324 e. The lowest BCUT2D eigenvalue weighted by molar-refractivity contribution is -0.384. The second-order valence-electron chi connectivity index (χ2n) is 6.69. The summed E-state index contributed by atoms with van der Waals surface area (Å²) in [5, 5.41) is 18.0. The molecule has 0 radical (unpaired) electrons. The molecule has 156 valence electrons. The highest BCUT2D eigenvalue weighted by atomic mass is 32.2. The van der Waals surface area contributed by atoms with E-state index in [0.29, 0.717) is 23.9 Å². The quantitative estimate of drug-likeness (QED) is 0.324. The second kappa shape index (κ2) is 7.80. The van der Waals surface area contributed by atoms with Gasteiger partial charge >= 0.3 is 5.97 Å². The summed E-state index contributed by atoms with van der Waals surface area (Å²) in [5.74, 6) is -0.681. The highest BCUT2D eigenvalue weighted by Crippen LogP contribution is 2.30. The molecule has 2 heterocycles. The van der Waals surface area contributed by atoms with Crippen LogP contribution in [0.5, 0.6) is 0 Å². The number of benzene rings is 2. The zero-order valence-electron chi connectivity index (χ0n) is 15.5. The number of nitro benzene ring substituents is 1. The molecule has 1 aliphatic rings. The first kappa shape index (κ1) is 19.9. The Morgan fingerprint density at radius 3 is 2.73 bits per heavy atom. The molecular weight excluding hydrogens is 416 g/mol. The minimum absolute atomic E-state index is 0.0744. The average Bonchev–Trinajstić information content (AvgIpc) is 3.41. The van der Waals surface area contributed by atoms with Crippen molar-refractivity contribution in [2.24, 2.45) is 0 Å². The lowest BCUT2D eigenvalue weighted by atomic mass is 10.2.